The Labute approximate surface area is 129 Å². The lowest BCUT2D eigenvalue weighted by atomic mass is 10.0. The van der Waals surface area contributed by atoms with Gasteiger partial charge in [-0.05, 0) is 29.2 Å². The van der Waals surface area contributed by atoms with Gasteiger partial charge < -0.3 is 10.3 Å². The van der Waals surface area contributed by atoms with Gasteiger partial charge in [-0.15, -0.1) is 0 Å². The molecule has 0 spiro atoms. The Kier molecular flexibility index (Phi) is 3.92. The number of aromatic nitrogens is 2. The minimum Gasteiger partial charge on any atom is -0.345 e. The van der Waals surface area contributed by atoms with Crippen molar-refractivity contribution < 1.29 is 4.79 Å². The number of nitrogens with one attached hydrogen (secondary N) is 2. The summed E-state index contributed by atoms with van der Waals surface area (Å²) < 4.78 is 0. The zero-order valence-electron chi connectivity index (χ0n) is 12.8. The standard InChI is InChI=1S/C18H19N3O/c1-12(2)14-9-7-13(8-10-14)11-19-18(22)17-20-15-5-3-4-6-16(15)21-17/h3-10,12H,11H2,1-2H3,(H,19,22)(H,20,21). The fourth-order valence-corrected chi connectivity index (χ4v) is 2.35. The Bertz CT molecular complexity index is 754. The first kappa shape index (κ1) is 14.3. The van der Waals surface area contributed by atoms with Crippen LogP contribution in [0.25, 0.3) is 11.0 Å². The van der Waals surface area contributed by atoms with Crippen molar-refractivity contribution in [1.29, 1.82) is 0 Å². The maximum absolute atomic E-state index is 12.2. The molecule has 0 fully saturated rings. The molecule has 0 aliphatic rings. The Morgan fingerprint density at radius 2 is 1.86 bits per heavy atom. The number of carbonyl (C=O) groups excluding carboxylic acids is 1. The Morgan fingerprint density at radius 3 is 2.55 bits per heavy atom. The van der Waals surface area contributed by atoms with Crippen LogP contribution in [0, 0.1) is 0 Å². The van der Waals surface area contributed by atoms with E-state index >= 15 is 0 Å². The molecule has 0 radical (unpaired) electrons. The van der Waals surface area contributed by atoms with E-state index in [0.717, 1.165) is 16.6 Å². The summed E-state index contributed by atoms with van der Waals surface area (Å²) in [7, 11) is 0. The second-order valence-electron chi connectivity index (χ2n) is 5.68. The summed E-state index contributed by atoms with van der Waals surface area (Å²) in [4.78, 5) is 19.5. The highest BCUT2D eigenvalue weighted by Crippen LogP contribution is 2.15. The monoisotopic (exact) mass is 293 g/mol. The number of rotatable bonds is 4. The fourth-order valence-electron chi connectivity index (χ4n) is 2.35. The molecular formula is C18H19N3O. The van der Waals surface area contributed by atoms with Crippen molar-refractivity contribution in [1.82, 2.24) is 15.3 Å². The molecule has 0 aliphatic carbocycles. The average Bonchev–Trinajstić information content (AvgIpc) is 2.97. The maximum Gasteiger partial charge on any atom is 0.287 e. The molecule has 1 heterocycles. The molecule has 3 aromatic rings. The number of nitrogens with zero attached hydrogens (tertiary/aromatic N) is 1. The van der Waals surface area contributed by atoms with E-state index in [2.05, 4.69) is 41.3 Å². The first-order chi connectivity index (χ1) is 10.6. The fraction of sp³-hybridized carbons (Fsp3) is 0.222. The highest BCUT2D eigenvalue weighted by molar-refractivity contribution is 5.94. The van der Waals surface area contributed by atoms with Crippen molar-refractivity contribution in [2.45, 2.75) is 26.3 Å². The second-order valence-corrected chi connectivity index (χ2v) is 5.68. The molecular weight excluding hydrogens is 274 g/mol. The molecule has 112 valence electrons. The smallest absolute Gasteiger partial charge is 0.287 e. The molecule has 3 rings (SSSR count). The lowest BCUT2D eigenvalue weighted by Crippen LogP contribution is -2.23. The Balaban J connectivity index is 1.66. The summed E-state index contributed by atoms with van der Waals surface area (Å²) in [5, 5.41) is 2.89. The average molecular weight is 293 g/mol. The quantitative estimate of drug-likeness (QED) is 0.772. The largest absolute Gasteiger partial charge is 0.345 e. The van der Waals surface area contributed by atoms with Crippen molar-refractivity contribution in [3.63, 3.8) is 0 Å². The molecule has 0 saturated carbocycles. The number of H-pyrrole nitrogens is 1. The highest BCUT2D eigenvalue weighted by Gasteiger charge is 2.10. The maximum atomic E-state index is 12.2. The predicted molar refractivity (Wildman–Crippen MR) is 87.8 cm³/mol. The number of benzene rings is 2. The van der Waals surface area contributed by atoms with Crippen molar-refractivity contribution in [2.75, 3.05) is 0 Å². The number of para-hydroxylation sites is 2. The zero-order chi connectivity index (χ0) is 15.5. The van der Waals surface area contributed by atoms with E-state index in [1.54, 1.807) is 0 Å². The summed E-state index contributed by atoms with van der Waals surface area (Å²) in [6.45, 7) is 4.82. The van der Waals surface area contributed by atoms with E-state index in [9.17, 15) is 4.79 Å². The van der Waals surface area contributed by atoms with E-state index in [0.29, 0.717) is 18.3 Å². The number of hydrogen-bond donors (Lipinski definition) is 2. The normalized spacial score (nSPS) is 11.0. The van der Waals surface area contributed by atoms with E-state index in [-0.39, 0.29) is 5.91 Å². The second kappa shape index (κ2) is 6.02. The van der Waals surface area contributed by atoms with E-state index in [4.69, 9.17) is 0 Å². The number of aromatic amines is 1. The van der Waals surface area contributed by atoms with Crippen LogP contribution in [0.1, 0.15) is 41.5 Å². The Hall–Kier alpha value is -2.62. The Morgan fingerprint density at radius 1 is 1.14 bits per heavy atom. The minimum atomic E-state index is -0.191. The van der Waals surface area contributed by atoms with E-state index in [1.807, 2.05) is 36.4 Å². The molecule has 0 atom stereocenters. The number of hydrogen-bond acceptors (Lipinski definition) is 2. The van der Waals surface area contributed by atoms with Crippen molar-refractivity contribution in [3.05, 3.63) is 65.5 Å². The number of amides is 1. The summed E-state index contributed by atoms with van der Waals surface area (Å²) in [6.07, 6.45) is 0. The lowest BCUT2D eigenvalue weighted by molar-refractivity contribution is 0.0942. The van der Waals surface area contributed by atoms with Crippen LogP contribution >= 0.6 is 0 Å². The van der Waals surface area contributed by atoms with Crippen LogP contribution in [-0.2, 0) is 6.54 Å². The van der Waals surface area contributed by atoms with Crippen molar-refractivity contribution >= 4 is 16.9 Å². The minimum absolute atomic E-state index is 0.191. The zero-order valence-corrected chi connectivity index (χ0v) is 12.8. The van der Waals surface area contributed by atoms with E-state index < -0.39 is 0 Å². The molecule has 2 aromatic carbocycles. The molecule has 1 amide bonds. The first-order valence-corrected chi connectivity index (χ1v) is 7.45. The van der Waals surface area contributed by atoms with Crippen molar-refractivity contribution in [2.24, 2.45) is 0 Å². The van der Waals surface area contributed by atoms with Gasteiger partial charge in [-0.25, -0.2) is 4.98 Å². The first-order valence-electron chi connectivity index (χ1n) is 7.45. The van der Waals surface area contributed by atoms with Gasteiger partial charge in [-0.1, -0.05) is 50.2 Å². The molecule has 4 heteroatoms. The molecule has 0 unspecified atom stereocenters. The van der Waals surface area contributed by atoms with Crippen LogP contribution in [0.5, 0.6) is 0 Å². The van der Waals surface area contributed by atoms with E-state index in [1.165, 1.54) is 5.56 Å². The van der Waals surface area contributed by atoms with Crippen LogP contribution < -0.4 is 5.32 Å². The van der Waals surface area contributed by atoms with Gasteiger partial charge in [0.1, 0.15) is 0 Å². The van der Waals surface area contributed by atoms with Crippen LogP contribution in [0.4, 0.5) is 0 Å². The topological polar surface area (TPSA) is 57.8 Å². The van der Waals surface area contributed by atoms with Gasteiger partial charge in [-0.2, -0.15) is 0 Å². The third-order valence-corrected chi connectivity index (χ3v) is 3.70. The van der Waals surface area contributed by atoms with Gasteiger partial charge in [0.15, 0.2) is 5.82 Å². The number of carbonyl (C=O) groups is 1. The summed E-state index contributed by atoms with van der Waals surface area (Å²) >= 11 is 0. The summed E-state index contributed by atoms with van der Waals surface area (Å²) in [6, 6.07) is 15.9. The van der Waals surface area contributed by atoms with Gasteiger partial charge in [0.25, 0.3) is 5.91 Å². The third kappa shape index (κ3) is 3.01. The number of fused-ring (bicyclic) bond motifs is 1. The van der Waals surface area contributed by atoms with Crippen LogP contribution in [0.15, 0.2) is 48.5 Å². The molecule has 0 bridgehead atoms. The van der Waals surface area contributed by atoms with Gasteiger partial charge in [0, 0.05) is 6.54 Å². The van der Waals surface area contributed by atoms with Crippen molar-refractivity contribution in [3.8, 4) is 0 Å². The van der Waals surface area contributed by atoms with Gasteiger partial charge in [0.05, 0.1) is 11.0 Å². The van der Waals surface area contributed by atoms with Gasteiger partial charge in [-0.3, -0.25) is 4.79 Å². The number of imidazole rings is 1. The lowest BCUT2D eigenvalue weighted by Gasteiger charge is -2.07. The molecule has 0 saturated heterocycles. The third-order valence-electron chi connectivity index (χ3n) is 3.70. The van der Waals surface area contributed by atoms with Gasteiger partial charge >= 0.3 is 0 Å². The summed E-state index contributed by atoms with van der Waals surface area (Å²) in [5.74, 6) is 0.670. The highest BCUT2D eigenvalue weighted by atomic mass is 16.2. The van der Waals surface area contributed by atoms with Crippen LogP contribution in [-0.4, -0.2) is 15.9 Å². The van der Waals surface area contributed by atoms with Crippen LogP contribution in [0.3, 0.4) is 0 Å². The molecule has 1 aromatic heterocycles. The van der Waals surface area contributed by atoms with Crippen LogP contribution in [0.2, 0.25) is 0 Å². The SMILES string of the molecule is CC(C)c1ccc(CNC(=O)c2nc3ccccc3[nH]2)cc1. The predicted octanol–water partition coefficient (Wildman–Crippen LogP) is 3.62. The van der Waals surface area contributed by atoms with Gasteiger partial charge in [0.2, 0.25) is 0 Å². The summed E-state index contributed by atoms with van der Waals surface area (Å²) in [5.41, 5.74) is 4.05. The molecule has 0 aliphatic heterocycles. The molecule has 22 heavy (non-hydrogen) atoms. The molecule has 4 nitrogen and oxygen atoms in total. The molecule has 2 N–H and O–H groups in total.